The molecule has 0 atom stereocenters. The van der Waals surface area contributed by atoms with Gasteiger partial charge in [0.2, 0.25) is 0 Å². The average molecular weight is 339 g/mol. The summed E-state index contributed by atoms with van der Waals surface area (Å²) in [6.07, 6.45) is 14.8. The van der Waals surface area contributed by atoms with Crippen LogP contribution in [0.1, 0.15) is 37.9 Å². The number of hydrogen-bond acceptors (Lipinski definition) is 1. The van der Waals surface area contributed by atoms with Crippen LogP contribution in [0.5, 0.6) is 0 Å². The van der Waals surface area contributed by atoms with E-state index < -0.39 is 0 Å². The third-order valence-corrected chi connectivity index (χ3v) is 4.62. The van der Waals surface area contributed by atoms with Crippen molar-refractivity contribution >= 4 is 11.1 Å². The summed E-state index contributed by atoms with van der Waals surface area (Å²) >= 11 is 0. The minimum atomic E-state index is 0.987. The summed E-state index contributed by atoms with van der Waals surface area (Å²) < 4.78 is 0. The van der Waals surface area contributed by atoms with Crippen LogP contribution in [-0.4, -0.2) is 4.98 Å². The minimum absolute atomic E-state index is 0.987. The molecule has 0 radical (unpaired) electrons. The first-order valence-electron chi connectivity index (χ1n) is 9.14. The second-order valence-electron chi connectivity index (χ2n) is 6.41. The standard InChI is InChI=1S/C25H25N/c1-4-6-13-20(5-2)24-17-22(23-16-11-10-12-19(23)3)18-25(26-24)21-14-8-7-9-15-21/h4-9,12-18H,1,10-11H2,2-3H3/b13-6-,20-5+. The van der Waals surface area contributed by atoms with Crippen molar-refractivity contribution in [2.24, 2.45) is 0 Å². The van der Waals surface area contributed by atoms with Gasteiger partial charge in [-0.15, -0.1) is 0 Å². The Kier molecular flexibility index (Phi) is 5.80. The number of rotatable bonds is 5. The molecule has 130 valence electrons. The van der Waals surface area contributed by atoms with Gasteiger partial charge in [-0.1, -0.05) is 73.4 Å². The predicted octanol–water partition coefficient (Wildman–Crippen LogP) is 7.02. The molecule has 0 N–H and O–H groups in total. The minimum Gasteiger partial charge on any atom is -0.248 e. The molecule has 1 heteroatoms. The zero-order chi connectivity index (χ0) is 18.4. The van der Waals surface area contributed by atoms with Crippen molar-refractivity contribution in [3.05, 3.63) is 102 Å². The van der Waals surface area contributed by atoms with E-state index in [4.69, 9.17) is 4.98 Å². The predicted molar refractivity (Wildman–Crippen MR) is 114 cm³/mol. The van der Waals surface area contributed by atoms with E-state index in [0.717, 1.165) is 35.4 Å². The van der Waals surface area contributed by atoms with Gasteiger partial charge in [-0.25, -0.2) is 4.98 Å². The summed E-state index contributed by atoms with van der Waals surface area (Å²) in [5, 5.41) is 0. The van der Waals surface area contributed by atoms with E-state index in [1.54, 1.807) is 6.08 Å². The van der Waals surface area contributed by atoms with Crippen LogP contribution in [0.25, 0.3) is 22.4 Å². The highest BCUT2D eigenvalue weighted by Crippen LogP contribution is 2.32. The number of hydrogen-bond donors (Lipinski definition) is 0. The van der Waals surface area contributed by atoms with Gasteiger partial charge in [0.1, 0.15) is 0 Å². The second-order valence-corrected chi connectivity index (χ2v) is 6.41. The Labute approximate surface area is 156 Å². The first-order chi connectivity index (χ1) is 12.7. The van der Waals surface area contributed by atoms with E-state index in [-0.39, 0.29) is 0 Å². The van der Waals surface area contributed by atoms with Crippen LogP contribution in [0.4, 0.5) is 0 Å². The zero-order valence-electron chi connectivity index (χ0n) is 15.6. The highest BCUT2D eigenvalue weighted by molar-refractivity contribution is 5.84. The fraction of sp³-hybridized carbons (Fsp3) is 0.160. The molecule has 3 rings (SSSR count). The van der Waals surface area contributed by atoms with E-state index in [1.807, 2.05) is 19.1 Å². The Hall–Kier alpha value is -2.93. The summed E-state index contributed by atoms with van der Waals surface area (Å²) in [6.45, 7) is 8.02. The molecule has 0 amide bonds. The Bertz CT molecular complexity index is 908. The smallest absolute Gasteiger partial charge is 0.0715 e. The molecular formula is C25H25N. The van der Waals surface area contributed by atoms with Crippen molar-refractivity contribution < 1.29 is 0 Å². The number of aromatic nitrogens is 1. The van der Waals surface area contributed by atoms with Crippen molar-refractivity contribution in [1.82, 2.24) is 4.98 Å². The molecule has 0 bridgehead atoms. The molecule has 1 aliphatic rings. The maximum atomic E-state index is 4.95. The molecule has 2 aromatic rings. The third-order valence-electron chi connectivity index (χ3n) is 4.62. The first kappa shape index (κ1) is 17.9. The van der Waals surface area contributed by atoms with Crippen molar-refractivity contribution in [1.29, 1.82) is 0 Å². The topological polar surface area (TPSA) is 12.9 Å². The van der Waals surface area contributed by atoms with E-state index >= 15 is 0 Å². The molecule has 0 saturated heterocycles. The van der Waals surface area contributed by atoms with Gasteiger partial charge in [0, 0.05) is 5.56 Å². The van der Waals surface area contributed by atoms with Crippen molar-refractivity contribution in [2.45, 2.75) is 26.7 Å². The van der Waals surface area contributed by atoms with E-state index in [1.165, 1.54) is 16.7 Å². The maximum Gasteiger partial charge on any atom is 0.0715 e. The van der Waals surface area contributed by atoms with Crippen LogP contribution in [0, 0.1) is 0 Å². The maximum absolute atomic E-state index is 4.95. The van der Waals surface area contributed by atoms with Crippen LogP contribution in [0.3, 0.4) is 0 Å². The average Bonchev–Trinajstić information content (AvgIpc) is 2.69. The fourth-order valence-corrected chi connectivity index (χ4v) is 3.24. The van der Waals surface area contributed by atoms with Gasteiger partial charge in [-0.3, -0.25) is 0 Å². The van der Waals surface area contributed by atoms with Crippen LogP contribution in [0.2, 0.25) is 0 Å². The summed E-state index contributed by atoms with van der Waals surface area (Å²) in [7, 11) is 0. The van der Waals surface area contributed by atoms with Gasteiger partial charge < -0.3 is 0 Å². The van der Waals surface area contributed by atoms with Gasteiger partial charge in [0.25, 0.3) is 0 Å². The van der Waals surface area contributed by atoms with Crippen molar-refractivity contribution in [3.8, 4) is 11.3 Å². The lowest BCUT2D eigenvalue weighted by atomic mass is 9.91. The normalized spacial score (nSPS) is 14.9. The quantitative estimate of drug-likeness (QED) is 0.533. The van der Waals surface area contributed by atoms with Gasteiger partial charge in [-0.2, -0.15) is 0 Å². The lowest BCUT2D eigenvalue weighted by molar-refractivity contribution is 1.02. The van der Waals surface area contributed by atoms with E-state index in [9.17, 15) is 0 Å². The van der Waals surface area contributed by atoms with E-state index in [2.05, 4.69) is 74.2 Å². The molecule has 0 aliphatic heterocycles. The zero-order valence-corrected chi connectivity index (χ0v) is 15.6. The molecule has 0 fully saturated rings. The summed E-state index contributed by atoms with van der Waals surface area (Å²) in [4.78, 5) is 4.95. The number of allylic oxidation sites excluding steroid dienone is 9. The number of nitrogens with zero attached hydrogens (tertiary/aromatic N) is 1. The second kappa shape index (κ2) is 8.44. The lowest BCUT2D eigenvalue weighted by Gasteiger charge is -2.16. The Morgan fingerprint density at radius 1 is 1.04 bits per heavy atom. The van der Waals surface area contributed by atoms with Crippen LogP contribution in [-0.2, 0) is 0 Å². The molecule has 0 saturated carbocycles. The van der Waals surface area contributed by atoms with Gasteiger partial charge in [0.15, 0.2) is 0 Å². The molecule has 1 aliphatic carbocycles. The monoisotopic (exact) mass is 339 g/mol. The SMILES string of the molecule is C=C/C=C\C(=C/C)c1cc(C2=CCCC=C2C)cc(-c2ccccc2)n1. The Morgan fingerprint density at radius 3 is 2.50 bits per heavy atom. The van der Waals surface area contributed by atoms with Crippen molar-refractivity contribution in [2.75, 3.05) is 0 Å². The molecule has 1 aromatic heterocycles. The van der Waals surface area contributed by atoms with Crippen LogP contribution in [0.15, 0.2) is 91.1 Å². The number of benzene rings is 1. The molecule has 0 unspecified atom stereocenters. The van der Waals surface area contributed by atoms with Gasteiger partial charge in [-0.05, 0) is 61.1 Å². The van der Waals surface area contributed by atoms with Gasteiger partial charge in [0.05, 0.1) is 11.4 Å². The molecule has 26 heavy (non-hydrogen) atoms. The number of pyridine rings is 1. The first-order valence-corrected chi connectivity index (χ1v) is 9.14. The lowest BCUT2D eigenvalue weighted by Crippen LogP contribution is -1.98. The van der Waals surface area contributed by atoms with Crippen LogP contribution < -0.4 is 0 Å². The van der Waals surface area contributed by atoms with Crippen molar-refractivity contribution in [3.63, 3.8) is 0 Å². The summed E-state index contributed by atoms with van der Waals surface area (Å²) in [5.41, 5.74) is 8.12. The summed E-state index contributed by atoms with van der Waals surface area (Å²) in [5.74, 6) is 0. The highest BCUT2D eigenvalue weighted by atomic mass is 14.7. The molecule has 1 aromatic carbocycles. The molecular weight excluding hydrogens is 314 g/mol. The van der Waals surface area contributed by atoms with Gasteiger partial charge >= 0.3 is 0 Å². The summed E-state index contributed by atoms with van der Waals surface area (Å²) in [6, 6.07) is 14.8. The largest absolute Gasteiger partial charge is 0.248 e. The molecule has 1 nitrogen and oxygen atoms in total. The van der Waals surface area contributed by atoms with Crippen LogP contribution >= 0.6 is 0 Å². The molecule has 0 spiro atoms. The fourth-order valence-electron chi connectivity index (χ4n) is 3.24. The Balaban J connectivity index is 2.17. The van der Waals surface area contributed by atoms with E-state index in [0.29, 0.717) is 0 Å². The Morgan fingerprint density at radius 2 is 1.81 bits per heavy atom. The third kappa shape index (κ3) is 4.00. The highest BCUT2D eigenvalue weighted by Gasteiger charge is 2.12. The molecule has 1 heterocycles.